The van der Waals surface area contributed by atoms with E-state index in [-0.39, 0.29) is 17.6 Å². The normalized spacial score (nSPS) is 10.6. The van der Waals surface area contributed by atoms with Crippen molar-refractivity contribution in [3.05, 3.63) is 90.3 Å². The molecule has 0 bridgehead atoms. The smallest absolute Gasteiger partial charge is 0.234 e. The molecule has 3 N–H and O–H groups in total. The third-order valence-corrected chi connectivity index (χ3v) is 5.91. The van der Waals surface area contributed by atoms with Crippen LogP contribution < -0.4 is 16.0 Å². The molecule has 0 fully saturated rings. The first kappa shape index (κ1) is 24.0. The quantitative estimate of drug-likeness (QED) is 0.292. The number of rotatable bonds is 9. The second kappa shape index (κ2) is 11.3. The van der Waals surface area contributed by atoms with Gasteiger partial charge in [-0.2, -0.15) is 0 Å². The first-order valence-corrected chi connectivity index (χ1v) is 12.1. The molecule has 0 aliphatic carbocycles. The predicted molar refractivity (Wildman–Crippen MR) is 140 cm³/mol. The minimum absolute atomic E-state index is 0.153. The minimum Gasteiger partial charge on any atom is -0.378 e. The van der Waals surface area contributed by atoms with Crippen molar-refractivity contribution < 1.29 is 9.59 Å². The third kappa shape index (κ3) is 6.70. The van der Waals surface area contributed by atoms with E-state index in [2.05, 4.69) is 32.2 Å². The fourth-order valence-electron chi connectivity index (χ4n) is 3.49. The van der Waals surface area contributed by atoms with Gasteiger partial charge in [0, 0.05) is 29.7 Å². The number of benzene rings is 3. The lowest BCUT2D eigenvalue weighted by molar-refractivity contribution is -0.114. The lowest BCUT2D eigenvalue weighted by Crippen LogP contribution is -2.15. The number of aryl methyl sites for hydroxylation is 1. The fourth-order valence-corrected chi connectivity index (χ4v) is 4.26. The Labute approximate surface area is 208 Å². The van der Waals surface area contributed by atoms with Crippen LogP contribution in [0.4, 0.5) is 17.1 Å². The molecule has 4 aromatic rings. The highest BCUT2D eigenvalue weighted by Gasteiger charge is 2.16. The molecular weight excluding hydrogens is 460 g/mol. The van der Waals surface area contributed by atoms with Gasteiger partial charge in [0.1, 0.15) is 0 Å². The number of carbonyl (C=O) groups excluding carboxylic acids is 2. The molecule has 0 aliphatic rings. The summed E-state index contributed by atoms with van der Waals surface area (Å²) in [6.07, 6.45) is 0. The Kier molecular flexibility index (Phi) is 7.79. The van der Waals surface area contributed by atoms with Crippen LogP contribution in [0.15, 0.2) is 84.0 Å². The second-order valence-corrected chi connectivity index (χ2v) is 8.83. The number of nitrogens with zero attached hydrogens (tertiary/aromatic N) is 3. The lowest BCUT2D eigenvalue weighted by atomic mass is 10.2. The van der Waals surface area contributed by atoms with Crippen LogP contribution in [0.2, 0.25) is 0 Å². The molecule has 0 saturated carbocycles. The summed E-state index contributed by atoms with van der Waals surface area (Å²) in [5.41, 5.74) is 4.32. The van der Waals surface area contributed by atoms with Crippen molar-refractivity contribution in [2.75, 3.05) is 21.7 Å². The van der Waals surface area contributed by atoms with Crippen molar-refractivity contribution in [2.45, 2.75) is 25.5 Å². The zero-order chi connectivity index (χ0) is 24.6. The highest BCUT2D eigenvalue weighted by molar-refractivity contribution is 7.99. The summed E-state index contributed by atoms with van der Waals surface area (Å²) >= 11 is 1.31. The summed E-state index contributed by atoms with van der Waals surface area (Å²) in [4.78, 5) is 23.9. The molecule has 2 amide bonds. The Balaban J connectivity index is 1.46. The molecule has 9 heteroatoms. The maximum Gasteiger partial charge on any atom is 0.234 e. The number of hydrogen-bond acceptors (Lipinski definition) is 6. The zero-order valence-electron chi connectivity index (χ0n) is 19.5. The monoisotopic (exact) mass is 486 g/mol. The van der Waals surface area contributed by atoms with E-state index in [0.29, 0.717) is 23.1 Å². The molecule has 1 aromatic heterocycles. The fraction of sp³-hybridized carbons (Fsp3) is 0.154. The van der Waals surface area contributed by atoms with Gasteiger partial charge in [-0.25, -0.2) is 0 Å². The van der Waals surface area contributed by atoms with Gasteiger partial charge >= 0.3 is 0 Å². The summed E-state index contributed by atoms with van der Waals surface area (Å²) in [6, 6.07) is 25.0. The highest BCUT2D eigenvalue weighted by atomic mass is 32.2. The molecule has 0 unspecified atom stereocenters. The first-order chi connectivity index (χ1) is 17.0. The van der Waals surface area contributed by atoms with E-state index in [4.69, 9.17) is 0 Å². The Morgan fingerprint density at radius 2 is 1.57 bits per heavy atom. The molecular formula is C26H26N6O2S. The van der Waals surface area contributed by atoms with Crippen LogP contribution in [0.25, 0.3) is 5.69 Å². The Hall–Kier alpha value is -4.11. The van der Waals surface area contributed by atoms with Gasteiger partial charge in [-0.15, -0.1) is 10.2 Å². The molecule has 1 heterocycles. The number of carbonyl (C=O) groups is 2. The summed E-state index contributed by atoms with van der Waals surface area (Å²) in [7, 11) is 0. The van der Waals surface area contributed by atoms with E-state index in [1.807, 2.05) is 60.0 Å². The van der Waals surface area contributed by atoms with Crippen LogP contribution >= 0.6 is 11.8 Å². The van der Waals surface area contributed by atoms with Gasteiger partial charge in [0.25, 0.3) is 0 Å². The Morgan fingerprint density at radius 1 is 0.857 bits per heavy atom. The number of nitrogens with one attached hydrogen (secondary N) is 3. The van der Waals surface area contributed by atoms with Crippen LogP contribution in [0, 0.1) is 6.92 Å². The molecule has 35 heavy (non-hydrogen) atoms. The summed E-state index contributed by atoms with van der Waals surface area (Å²) < 4.78 is 1.96. The van der Waals surface area contributed by atoms with Crippen LogP contribution in [-0.2, 0) is 16.1 Å². The van der Waals surface area contributed by atoms with Gasteiger partial charge in [0.2, 0.25) is 11.8 Å². The average molecular weight is 487 g/mol. The Morgan fingerprint density at radius 3 is 2.31 bits per heavy atom. The molecule has 178 valence electrons. The van der Waals surface area contributed by atoms with E-state index in [9.17, 15) is 9.59 Å². The van der Waals surface area contributed by atoms with Crippen molar-refractivity contribution in [3.8, 4) is 5.69 Å². The van der Waals surface area contributed by atoms with Crippen molar-refractivity contribution in [2.24, 2.45) is 0 Å². The minimum atomic E-state index is -0.183. The second-order valence-electron chi connectivity index (χ2n) is 7.89. The number of aromatic nitrogens is 3. The van der Waals surface area contributed by atoms with Gasteiger partial charge in [0.05, 0.1) is 12.3 Å². The summed E-state index contributed by atoms with van der Waals surface area (Å²) in [5.74, 6) is 0.540. The molecule has 0 atom stereocenters. The molecule has 0 aliphatic heterocycles. The van der Waals surface area contributed by atoms with Gasteiger partial charge in [-0.05, 0) is 55.0 Å². The van der Waals surface area contributed by atoms with E-state index in [0.717, 1.165) is 17.2 Å². The average Bonchev–Trinajstić information content (AvgIpc) is 3.25. The Bertz CT molecular complexity index is 1320. The van der Waals surface area contributed by atoms with E-state index < -0.39 is 0 Å². The molecule has 4 rings (SSSR count). The summed E-state index contributed by atoms with van der Waals surface area (Å²) in [5, 5.41) is 18.3. The maximum absolute atomic E-state index is 12.6. The predicted octanol–water partition coefficient (Wildman–Crippen LogP) is 4.88. The highest BCUT2D eigenvalue weighted by Crippen LogP contribution is 2.23. The van der Waals surface area contributed by atoms with Crippen molar-refractivity contribution in [3.63, 3.8) is 0 Å². The number of hydrogen-bond donors (Lipinski definition) is 3. The van der Waals surface area contributed by atoms with E-state index in [1.54, 1.807) is 24.3 Å². The molecule has 3 aromatic carbocycles. The van der Waals surface area contributed by atoms with Crippen LogP contribution in [0.5, 0.6) is 0 Å². The van der Waals surface area contributed by atoms with Crippen LogP contribution in [-0.4, -0.2) is 32.3 Å². The standard InChI is InChI=1S/C26H26N6O2S/c1-18-8-6-9-20(14-18)27-16-24-30-31-26(32(24)23-12-4-3-5-13-23)35-17-25(34)29-22-11-7-10-21(15-22)28-19(2)33/h3-15,27H,16-17H2,1-2H3,(H,28,33)(H,29,34). The number of para-hydroxylation sites is 1. The number of anilines is 3. The summed E-state index contributed by atoms with van der Waals surface area (Å²) in [6.45, 7) is 3.97. The van der Waals surface area contributed by atoms with Crippen LogP contribution in [0.1, 0.15) is 18.3 Å². The molecule has 0 spiro atoms. The molecule has 0 saturated heterocycles. The number of thioether (sulfide) groups is 1. The molecule has 0 radical (unpaired) electrons. The van der Waals surface area contributed by atoms with Gasteiger partial charge in [-0.1, -0.05) is 48.2 Å². The zero-order valence-corrected chi connectivity index (χ0v) is 20.3. The van der Waals surface area contributed by atoms with Crippen molar-refractivity contribution in [1.82, 2.24) is 14.8 Å². The van der Waals surface area contributed by atoms with E-state index >= 15 is 0 Å². The SMILES string of the molecule is CC(=O)Nc1cccc(NC(=O)CSc2nnc(CNc3cccc(C)c3)n2-c2ccccc2)c1. The first-order valence-electron chi connectivity index (χ1n) is 11.1. The van der Waals surface area contributed by atoms with Gasteiger partial charge in [-0.3, -0.25) is 14.2 Å². The third-order valence-electron chi connectivity index (χ3n) is 4.98. The van der Waals surface area contributed by atoms with Gasteiger partial charge < -0.3 is 16.0 Å². The molecule has 8 nitrogen and oxygen atoms in total. The number of amides is 2. The van der Waals surface area contributed by atoms with E-state index in [1.165, 1.54) is 24.2 Å². The maximum atomic E-state index is 12.6. The topological polar surface area (TPSA) is 101 Å². The van der Waals surface area contributed by atoms with Crippen molar-refractivity contribution in [1.29, 1.82) is 0 Å². The lowest BCUT2D eigenvalue weighted by Gasteiger charge is -2.12. The van der Waals surface area contributed by atoms with Gasteiger partial charge in [0.15, 0.2) is 11.0 Å². The van der Waals surface area contributed by atoms with Crippen LogP contribution in [0.3, 0.4) is 0 Å². The largest absolute Gasteiger partial charge is 0.378 e. The van der Waals surface area contributed by atoms with Crippen molar-refractivity contribution >= 4 is 40.6 Å².